The monoisotopic (exact) mass is 413 g/mol. The minimum atomic E-state index is -3.86. The Bertz CT molecular complexity index is 1080. The molecule has 3 nitrogen and oxygen atoms in total. The van der Waals surface area contributed by atoms with Crippen LogP contribution in [0, 0.1) is 11.6 Å². The number of nitrogens with two attached hydrogens (primary N) is 1. The van der Waals surface area contributed by atoms with Gasteiger partial charge in [0.25, 0.3) is 0 Å². The quantitative estimate of drug-likeness (QED) is 0.636. The topological polar surface area (TPSA) is 60.2 Å². The van der Waals surface area contributed by atoms with Gasteiger partial charge >= 0.3 is 0 Å². The van der Waals surface area contributed by atoms with Gasteiger partial charge < -0.3 is 0 Å². The number of halogens is 4. The predicted molar refractivity (Wildman–Crippen MR) is 98.6 cm³/mol. The number of hydrogen-bond donors (Lipinski definition) is 1. The number of primary sulfonamides is 1. The first-order chi connectivity index (χ1) is 12.1. The summed E-state index contributed by atoms with van der Waals surface area (Å²) < 4.78 is 50.5. The molecule has 2 N–H and O–H groups in total. The zero-order valence-corrected chi connectivity index (χ0v) is 15.3. The summed E-state index contributed by atoms with van der Waals surface area (Å²) in [5.41, 5.74) is 1.68. The van der Waals surface area contributed by atoms with Crippen LogP contribution >= 0.6 is 23.2 Å². The predicted octanol–water partition coefficient (Wildman–Crippen LogP) is 5.25. The average molecular weight is 414 g/mol. The van der Waals surface area contributed by atoms with Gasteiger partial charge in [0.15, 0.2) is 11.6 Å². The number of hydrogen-bond acceptors (Lipinski definition) is 2. The van der Waals surface area contributed by atoms with Crippen LogP contribution in [0.3, 0.4) is 0 Å². The molecule has 0 radical (unpaired) electrons. The molecule has 0 aliphatic rings. The first-order valence-electron chi connectivity index (χ1n) is 7.24. The van der Waals surface area contributed by atoms with Gasteiger partial charge in [0.05, 0.1) is 4.90 Å². The van der Waals surface area contributed by atoms with Gasteiger partial charge in [0.1, 0.15) is 0 Å². The summed E-state index contributed by atoms with van der Waals surface area (Å²) in [5, 5.41) is 5.76. The van der Waals surface area contributed by atoms with Gasteiger partial charge in [-0.2, -0.15) is 0 Å². The van der Waals surface area contributed by atoms with Gasteiger partial charge in [-0.1, -0.05) is 35.3 Å². The van der Waals surface area contributed by atoms with Crippen molar-refractivity contribution in [1.82, 2.24) is 0 Å². The lowest BCUT2D eigenvalue weighted by atomic mass is 9.94. The highest BCUT2D eigenvalue weighted by Gasteiger charge is 2.15. The summed E-state index contributed by atoms with van der Waals surface area (Å²) in [7, 11) is -3.86. The molecule has 3 aromatic rings. The second-order valence-corrected chi connectivity index (χ2v) is 7.97. The van der Waals surface area contributed by atoms with Crippen molar-refractivity contribution < 1.29 is 17.2 Å². The van der Waals surface area contributed by atoms with E-state index in [0.29, 0.717) is 32.3 Å². The zero-order chi connectivity index (χ0) is 19.1. The lowest BCUT2D eigenvalue weighted by Crippen LogP contribution is -2.11. The highest BCUT2D eigenvalue weighted by Crippen LogP contribution is 2.36. The lowest BCUT2D eigenvalue weighted by molar-refractivity contribution is 0.509. The molecule has 0 unspecified atom stereocenters. The van der Waals surface area contributed by atoms with Gasteiger partial charge in [-0.3, -0.25) is 0 Å². The third-order valence-electron chi connectivity index (χ3n) is 3.73. The molecule has 0 heterocycles. The average Bonchev–Trinajstić information content (AvgIpc) is 2.55. The Kier molecular flexibility index (Phi) is 5.03. The van der Waals surface area contributed by atoms with Gasteiger partial charge in [-0.05, 0) is 64.7 Å². The Morgan fingerprint density at radius 3 is 1.65 bits per heavy atom. The van der Waals surface area contributed by atoms with E-state index in [2.05, 4.69) is 0 Å². The van der Waals surface area contributed by atoms with Gasteiger partial charge in [-0.25, -0.2) is 22.3 Å². The van der Waals surface area contributed by atoms with Crippen LogP contribution < -0.4 is 5.14 Å². The smallest absolute Gasteiger partial charge is 0.225 e. The summed E-state index contributed by atoms with van der Waals surface area (Å²) in [6, 6.07) is 12.2. The highest BCUT2D eigenvalue weighted by molar-refractivity contribution is 7.89. The van der Waals surface area contributed by atoms with E-state index in [-0.39, 0.29) is 4.90 Å². The molecule has 8 heteroatoms. The van der Waals surface area contributed by atoms with E-state index in [4.69, 9.17) is 28.3 Å². The normalized spacial score (nSPS) is 11.6. The van der Waals surface area contributed by atoms with Crippen LogP contribution in [-0.2, 0) is 10.0 Å². The molecular formula is C18H11Cl2F2NO2S. The van der Waals surface area contributed by atoms with E-state index in [9.17, 15) is 17.2 Å². The van der Waals surface area contributed by atoms with Crippen LogP contribution in [0.1, 0.15) is 0 Å². The van der Waals surface area contributed by atoms with Crippen molar-refractivity contribution in [1.29, 1.82) is 0 Å². The van der Waals surface area contributed by atoms with Gasteiger partial charge in [-0.15, -0.1) is 0 Å². The molecule has 0 aliphatic heterocycles. The minimum absolute atomic E-state index is 0.0869. The van der Waals surface area contributed by atoms with Crippen LogP contribution in [0.2, 0.25) is 10.0 Å². The van der Waals surface area contributed by atoms with E-state index < -0.39 is 21.7 Å². The summed E-state index contributed by atoms with van der Waals surface area (Å²) >= 11 is 12.0. The molecule has 3 rings (SSSR count). The van der Waals surface area contributed by atoms with Crippen LogP contribution in [0.25, 0.3) is 22.3 Å². The van der Waals surface area contributed by atoms with Crippen molar-refractivity contribution in [2.45, 2.75) is 4.90 Å². The van der Waals surface area contributed by atoms with Crippen molar-refractivity contribution in [3.63, 3.8) is 0 Å². The Labute approximate surface area is 159 Å². The minimum Gasteiger partial charge on any atom is -0.225 e. The summed E-state index contributed by atoms with van der Waals surface area (Å²) in [6.45, 7) is 0. The first kappa shape index (κ1) is 18.8. The van der Waals surface area contributed by atoms with E-state index in [1.807, 2.05) is 0 Å². The Morgan fingerprint density at radius 1 is 0.731 bits per heavy atom. The summed E-state index contributed by atoms with van der Waals surface area (Å²) in [6.07, 6.45) is 0. The fourth-order valence-electron chi connectivity index (χ4n) is 2.56. The molecule has 134 valence electrons. The van der Waals surface area contributed by atoms with E-state index >= 15 is 0 Å². The molecule has 0 aliphatic carbocycles. The molecule has 0 spiro atoms. The molecule has 26 heavy (non-hydrogen) atoms. The van der Waals surface area contributed by atoms with Crippen LogP contribution in [-0.4, -0.2) is 8.42 Å². The fraction of sp³-hybridized carbons (Fsp3) is 0. The lowest BCUT2D eigenvalue weighted by Gasteiger charge is -2.12. The Hall–Kier alpha value is -1.99. The molecule has 0 amide bonds. The molecule has 0 aromatic heterocycles. The number of rotatable bonds is 3. The maximum absolute atomic E-state index is 13.8. The molecule has 0 saturated heterocycles. The van der Waals surface area contributed by atoms with Crippen LogP contribution in [0.5, 0.6) is 0 Å². The van der Waals surface area contributed by atoms with Crippen LogP contribution in [0.4, 0.5) is 8.78 Å². The Morgan fingerprint density at radius 2 is 1.19 bits per heavy atom. The third-order valence-corrected chi connectivity index (χ3v) is 5.09. The van der Waals surface area contributed by atoms with E-state index in [0.717, 1.165) is 12.1 Å². The van der Waals surface area contributed by atoms with E-state index in [1.165, 1.54) is 30.3 Å². The standard InChI is InChI=1S/C18H11Cl2F2NO2S/c19-12-5-11(6-13(20)7-12)16-9-18(22)17(21)8-15(16)10-1-3-14(4-2-10)26(23,24)25/h1-9H,(H2,23,24,25). The van der Waals surface area contributed by atoms with Crippen molar-refractivity contribution >= 4 is 33.2 Å². The molecule has 0 fully saturated rings. The molecule has 0 bridgehead atoms. The van der Waals surface area contributed by atoms with Crippen molar-refractivity contribution in [3.05, 3.63) is 76.3 Å². The van der Waals surface area contributed by atoms with Crippen molar-refractivity contribution in [3.8, 4) is 22.3 Å². The zero-order valence-electron chi connectivity index (χ0n) is 13.0. The van der Waals surface area contributed by atoms with Gasteiger partial charge in [0.2, 0.25) is 10.0 Å². The molecule has 0 saturated carbocycles. The number of benzene rings is 3. The second-order valence-electron chi connectivity index (χ2n) is 5.54. The highest BCUT2D eigenvalue weighted by atomic mass is 35.5. The fourth-order valence-corrected chi connectivity index (χ4v) is 3.60. The third kappa shape index (κ3) is 3.88. The number of sulfonamides is 1. The maximum Gasteiger partial charge on any atom is 0.238 e. The van der Waals surface area contributed by atoms with Crippen molar-refractivity contribution in [2.24, 2.45) is 5.14 Å². The Balaban J connectivity index is 2.22. The van der Waals surface area contributed by atoms with Crippen molar-refractivity contribution in [2.75, 3.05) is 0 Å². The summed E-state index contributed by atoms with van der Waals surface area (Å²) in [4.78, 5) is -0.0869. The first-order valence-corrected chi connectivity index (χ1v) is 9.54. The molecular weight excluding hydrogens is 403 g/mol. The maximum atomic E-state index is 13.8. The molecule has 3 aromatic carbocycles. The second kappa shape index (κ2) is 6.96. The molecule has 0 atom stereocenters. The van der Waals surface area contributed by atoms with Gasteiger partial charge in [0, 0.05) is 10.0 Å². The SMILES string of the molecule is NS(=O)(=O)c1ccc(-c2cc(F)c(F)cc2-c2cc(Cl)cc(Cl)c2)cc1. The largest absolute Gasteiger partial charge is 0.238 e. The van der Waals surface area contributed by atoms with Crippen LogP contribution in [0.15, 0.2) is 59.5 Å². The summed E-state index contributed by atoms with van der Waals surface area (Å²) in [5.74, 6) is -2.06. The van der Waals surface area contributed by atoms with E-state index in [1.54, 1.807) is 12.1 Å².